The van der Waals surface area contributed by atoms with Crippen LogP contribution in [0.25, 0.3) is 0 Å². The van der Waals surface area contributed by atoms with Crippen molar-refractivity contribution >= 4 is 11.7 Å². The number of likely N-dealkylation sites (tertiary alicyclic amines) is 1. The third kappa shape index (κ3) is 2.76. The first-order valence-electron chi connectivity index (χ1n) is 7.91. The van der Waals surface area contributed by atoms with E-state index in [4.69, 9.17) is 10.9 Å². The molecule has 1 aliphatic heterocycles. The molecule has 0 aromatic rings. The molecule has 1 aliphatic carbocycles. The van der Waals surface area contributed by atoms with Gasteiger partial charge in [0.15, 0.2) is 5.84 Å². The number of carbonyl (C=O) groups is 1. The first-order chi connectivity index (χ1) is 9.64. The normalized spacial score (nSPS) is 26.8. The van der Waals surface area contributed by atoms with Gasteiger partial charge in [0.1, 0.15) is 5.41 Å². The van der Waals surface area contributed by atoms with E-state index in [1.54, 1.807) is 0 Å². The summed E-state index contributed by atoms with van der Waals surface area (Å²) in [7, 11) is 0. The van der Waals surface area contributed by atoms with E-state index in [1.165, 1.54) is 6.42 Å². The highest BCUT2D eigenvalue weighted by Crippen LogP contribution is 2.39. The van der Waals surface area contributed by atoms with Gasteiger partial charge < -0.3 is 15.8 Å². The van der Waals surface area contributed by atoms with E-state index in [0.29, 0.717) is 5.92 Å². The fourth-order valence-corrected chi connectivity index (χ4v) is 3.79. The summed E-state index contributed by atoms with van der Waals surface area (Å²) in [6, 6.07) is 0. The fourth-order valence-electron chi connectivity index (χ4n) is 3.79. The third-order valence-electron chi connectivity index (χ3n) is 4.98. The standard InChI is InChI=1S/C15H27N3O2/c1-2-6-12-7-10-18(11-12)14(19)15(13(16)17-20)8-4-3-5-9-15/h12,20H,2-11H2,1H3,(H2,16,17). The van der Waals surface area contributed by atoms with Crippen LogP contribution >= 0.6 is 0 Å². The highest BCUT2D eigenvalue weighted by Gasteiger charge is 2.47. The predicted octanol–water partition coefficient (Wildman–Crippen LogP) is 2.33. The summed E-state index contributed by atoms with van der Waals surface area (Å²) in [6.07, 6.45) is 7.96. The van der Waals surface area contributed by atoms with Crippen molar-refractivity contribution < 1.29 is 10.0 Å². The van der Waals surface area contributed by atoms with Crippen LogP contribution in [0.2, 0.25) is 0 Å². The SMILES string of the molecule is CCCC1CCN(C(=O)C2(C(N)=NO)CCCCC2)C1. The Kier molecular flexibility index (Phi) is 4.89. The van der Waals surface area contributed by atoms with Crippen LogP contribution in [0.5, 0.6) is 0 Å². The molecule has 0 radical (unpaired) electrons. The number of nitrogens with two attached hydrogens (primary N) is 1. The van der Waals surface area contributed by atoms with Gasteiger partial charge in [0.25, 0.3) is 0 Å². The van der Waals surface area contributed by atoms with Crippen LogP contribution in [0.1, 0.15) is 58.3 Å². The molecule has 5 nitrogen and oxygen atoms in total. The molecular weight excluding hydrogens is 254 g/mol. The molecule has 1 heterocycles. The van der Waals surface area contributed by atoms with Crippen LogP contribution in [0, 0.1) is 11.3 Å². The third-order valence-corrected chi connectivity index (χ3v) is 4.98. The molecule has 3 N–H and O–H groups in total. The van der Waals surface area contributed by atoms with E-state index in [9.17, 15) is 4.79 Å². The summed E-state index contributed by atoms with van der Waals surface area (Å²) in [5, 5.41) is 12.3. The molecule has 2 fully saturated rings. The largest absolute Gasteiger partial charge is 0.409 e. The zero-order valence-electron chi connectivity index (χ0n) is 12.5. The van der Waals surface area contributed by atoms with Crippen LogP contribution in [-0.2, 0) is 4.79 Å². The zero-order valence-corrected chi connectivity index (χ0v) is 12.5. The van der Waals surface area contributed by atoms with Gasteiger partial charge >= 0.3 is 0 Å². The van der Waals surface area contributed by atoms with Crippen molar-refractivity contribution in [2.45, 2.75) is 58.3 Å². The van der Waals surface area contributed by atoms with Gasteiger partial charge in [-0.25, -0.2) is 0 Å². The minimum atomic E-state index is -0.742. The zero-order chi connectivity index (χ0) is 14.6. The van der Waals surface area contributed by atoms with Crippen molar-refractivity contribution in [1.82, 2.24) is 4.90 Å². The maximum atomic E-state index is 12.9. The Morgan fingerprint density at radius 1 is 1.40 bits per heavy atom. The summed E-state index contributed by atoms with van der Waals surface area (Å²) in [5.74, 6) is 0.823. The number of hydrogen-bond donors (Lipinski definition) is 2. The lowest BCUT2D eigenvalue weighted by Crippen LogP contribution is -2.51. The van der Waals surface area contributed by atoms with Crippen LogP contribution in [0.15, 0.2) is 5.16 Å². The Balaban J connectivity index is 2.12. The topological polar surface area (TPSA) is 78.9 Å². The number of nitrogens with zero attached hydrogens (tertiary/aromatic N) is 2. The van der Waals surface area contributed by atoms with Crippen molar-refractivity contribution in [2.75, 3.05) is 13.1 Å². The molecule has 0 spiro atoms. The van der Waals surface area contributed by atoms with Gasteiger partial charge in [-0.05, 0) is 31.6 Å². The van der Waals surface area contributed by atoms with Gasteiger partial charge in [-0.3, -0.25) is 4.79 Å². The van der Waals surface area contributed by atoms with Crippen LogP contribution in [0.3, 0.4) is 0 Å². The van der Waals surface area contributed by atoms with Gasteiger partial charge in [-0.1, -0.05) is 37.8 Å². The molecule has 1 atom stereocenters. The smallest absolute Gasteiger partial charge is 0.236 e. The fraction of sp³-hybridized carbons (Fsp3) is 0.867. The van der Waals surface area contributed by atoms with Crippen molar-refractivity contribution in [2.24, 2.45) is 22.2 Å². The number of amides is 1. The molecule has 0 aromatic heterocycles. The first-order valence-corrected chi connectivity index (χ1v) is 7.91. The molecule has 5 heteroatoms. The minimum absolute atomic E-state index is 0.0890. The van der Waals surface area contributed by atoms with Crippen molar-refractivity contribution in [3.05, 3.63) is 0 Å². The van der Waals surface area contributed by atoms with Crippen molar-refractivity contribution in [3.8, 4) is 0 Å². The molecule has 1 saturated heterocycles. The molecule has 1 unspecified atom stereocenters. The molecule has 114 valence electrons. The average molecular weight is 281 g/mol. The van der Waals surface area contributed by atoms with Gasteiger partial charge in [0.05, 0.1) is 0 Å². The molecule has 0 bridgehead atoms. The molecule has 2 aliphatic rings. The number of amidine groups is 1. The van der Waals surface area contributed by atoms with Gasteiger partial charge in [0, 0.05) is 13.1 Å². The Hall–Kier alpha value is -1.26. The maximum absolute atomic E-state index is 12.9. The van der Waals surface area contributed by atoms with Crippen molar-refractivity contribution in [1.29, 1.82) is 0 Å². The first kappa shape index (κ1) is 15.1. The maximum Gasteiger partial charge on any atom is 0.236 e. The van der Waals surface area contributed by atoms with E-state index in [2.05, 4.69) is 12.1 Å². The van der Waals surface area contributed by atoms with E-state index in [0.717, 1.165) is 58.0 Å². The lowest BCUT2D eigenvalue weighted by molar-refractivity contribution is -0.139. The monoisotopic (exact) mass is 281 g/mol. The highest BCUT2D eigenvalue weighted by atomic mass is 16.4. The summed E-state index contributed by atoms with van der Waals surface area (Å²) in [5.41, 5.74) is 5.16. The van der Waals surface area contributed by atoms with Gasteiger partial charge in [-0.2, -0.15) is 0 Å². The summed E-state index contributed by atoms with van der Waals surface area (Å²) >= 11 is 0. The number of rotatable bonds is 4. The van der Waals surface area contributed by atoms with E-state index >= 15 is 0 Å². The number of hydrogen-bond acceptors (Lipinski definition) is 3. The second-order valence-corrected chi connectivity index (χ2v) is 6.32. The van der Waals surface area contributed by atoms with Crippen LogP contribution < -0.4 is 5.73 Å². The number of oxime groups is 1. The quantitative estimate of drug-likeness (QED) is 0.359. The minimum Gasteiger partial charge on any atom is -0.409 e. The lowest BCUT2D eigenvalue weighted by Gasteiger charge is -2.37. The van der Waals surface area contributed by atoms with E-state index in [-0.39, 0.29) is 11.7 Å². The number of carbonyl (C=O) groups excluding carboxylic acids is 1. The molecule has 1 amide bonds. The summed E-state index contributed by atoms with van der Waals surface area (Å²) < 4.78 is 0. The van der Waals surface area contributed by atoms with E-state index < -0.39 is 5.41 Å². The molecule has 2 rings (SSSR count). The Labute approximate surface area is 121 Å². The van der Waals surface area contributed by atoms with Crippen LogP contribution in [-0.4, -0.2) is 34.9 Å². The second kappa shape index (κ2) is 6.46. The second-order valence-electron chi connectivity index (χ2n) is 6.32. The predicted molar refractivity (Wildman–Crippen MR) is 78.5 cm³/mol. The Morgan fingerprint density at radius 2 is 2.10 bits per heavy atom. The highest BCUT2D eigenvalue weighted by molar-refractivity contribution is 6.06. The van der Waals surface area contributed by atoms with Gasteiger partial charge in [-0.15, -0.1) is 0 Å². The Bertz CT molecular complexity index is 375. The molecular formula is C15H27N3O2. The van der Waals surface area contributed by atoms with Crippen molar-refractivity contribution in [3.63, 3.8) is 0 Å². The van der Waals surface area contributed by atoms with Crippen LogP contribution in [0.4, 0.5) is 0 Å². The lowest BCUT2D eigenvalue weighted by atomic mass is 9.72. The van der Waals surface area contributed by atoms with Gasteiger partial charge in [0.2, 0.25) is 5.91 Å². The summed E-state index contributed by atoms with van der Waals surface area (Å²) in [4.78, 5) is 14.9. The Morgan fingerprint density at radius 3 is 2.70 bits per heavy atom. The van der Waals surface area contributed by atoms with E-state index in [1.807, 2.05) is 4.90 Å². The molecule has 1 saturated carbocycles. The summed E-state index contributed by atoms with van der Waals surface area (Å²) in [6.45, 7) is 3.85. The average Bonchev–Trinajstić information content (AvgIpc) is 2.95. The molecule has 20 heavy (non-hydrogen) atoms. The molecule has 0 aromatic carbocycles.